The van der Waals surface area contributed by atoms with Crippen LogP contribution in [0.25, 0.3) is 5.57 Å². The number of rotatable bonds is 1. The molecule has 0 spiro atoms. The Balaban J connectivity index is 1.67. The second-order valence-corrected chi connectivity index (χ2v) is 7.35. The van der Waals surface area contributed by atoms with E-state index in [0.29, 0.717) is 12.0 Å². The summed E-state index contributed by atoms with van der Waals surface area (Å²) in [5.74, 6) is 0.690. The maximum absolute atomic E-state index is 2.62. The summed E-state index contributed by atoms with van der Waals surface area (Å²) in [7, 11) is 0. The summed E-state index contributed by atoms with van der Waals surface area (Å²) in [5.41, 5.74) is 7.42. The third-order valence-electron chi connectivity index (χ3n) is 5.97. The SMILES string of the molecule is CC1=CC2c3ccccc3C3CC3(C)N2C=C1c1ccccc1. The number of nitrogens with zero attached hydrogens (tertiary/aromatic N) is 1. The smallest absolute Gasteiger partial charge is 0.0735 e. The van der Waals surface area contributed by atoms with Gasteiger partial charge in [-0.15, -0.1) is 0 Å². The number of allylic oxidation sites excluding steroid dienone is 2. The molecular weight excluding hydrogens is 278 g/mol. The van der Waals surface area contributed by atoms with Gasteiger partial charge < -0.3 is 4.90 Å². The van der Waals surface area contributed by atoms with Crippen LogP contribution >= 0.6 is 0 Å². The largest absolute Gasteiger partial charge is 0.360 e. The Bertz CT molecular complexity index is 845. The van der Waals surface area contributed by atoms with Crippen LogP contribution in [0.2, 0.25) is 0 Å². The molecule has 2 aliphatic heterocycles. The molecule has 3 unspecified atom stereocenters. The summed E-state index contributed by atoms with van der Waals surface area (Å²) in [5, 5.41) is 0. The highest BCUT2D eigenvalue weighted by Crippen LogP contribution is 2.63. The normalized spacial score (nSPS) is 30.6. The molecule has 114 valence electrons. The van der Waals surface area contributed by atoms with Crippen LogP contribution in [0.4, 0.5) is 0 Å². The average Bonchev–Trinajstić information content (AvgIpc) is 3.29. The Morgan fingerprint density at radius 1 is 0.957 bits per heavy atom. The minimum absolute atomic E-state index is 0.288. The lowest BCUT2D eigenvalue weighted by molar-refractivity contribution is 0.210. The van der Waals surface area contributed by atoms with Crippen LogP contribution in [0.5, 0.6) is 0 Å². The zero-order valence-corrected chi connectivity index (χ0v) is 13.7. The van der Waals surface area contributed by atoms with Gasteiger partial charge in [-0.05, 0) is 42.5 Å². The summed E-state index contributed by atoms with van der Waals surface area (Å²) >= 11 is 0. The predicted molar refractivity (Wildman–Crippen MR) is 95.0 cm³/mol. The summed E-state index contributed by atoms with van der Waals surface area (Å²) < 4.78 is 0. The minimum Gasteiger partial charge on any atom is -0.360 e. The van der Waals surface area contributed by atoms with Gasteiger partial charge in [0, 0.05) is 23.2 Å². The molecule has 1 aliphatic carbocycles. The average molecular weight is 299 g/mol. The zero-order chi connectivity index (χ0) is 15.6. The van der Waals surface area contributed by atoms with Crippen molar-refractivity contribution in [3.05, 3.63) is 89.1 Å². The molecule has 1 saturated carbocycles. The summed E-state index contributed by atoms with van der Waals surface area (Å²) in [4.78, 5) is 2.62. The fourth-order valence-electron chi connectivity index (χ4n) is 4.54. The van der Waals surface area contributed by atoms with E-state index in [9.17, 15) is 0 Å². The van der Waals surface area contributed by atoms with Gasteiger partial charge >= 0.3 is 0 Å². The molecular formula is C22H21N. The molecule has 23 heavy (non-hydrogen) atoms. The van der Waals surface area contributed by atoms with Crippen LogP contribution in [-0.4, -0.2) is 10.4 Å². The van der Waals surface area contributed by atoms with E-state index in [2.05, 4.69) is 85.6 Å². The van der Waals surface area contributed by atoms with Crippen molar-refractivity contribution in [1.29, 1.82) is 0 Å². The highest BCUT2D eigenvalue weighted by molar-refractivity contribution is 5.80. The molecule has 5 rings (SSSR count). The Morgan fingerprint density at radius 3 is 2.43 bits per heavy atom. The molecule has 1 heteroatoms. The molecule has 2 heterocycles. The van der Waals surface area contributed by atoms with Crippen LogP contribution in [0.3, 0.4) is 0 Å². The fourth-order valence-corrected chi connectivity index (χ4v) is 4.54. The van der Waals surface area contributed by atoms with Crippen molar-refractivity contribution in [2.24, 2.45) is 0 Å². The predicted octanol–water partition coefficient (Wildman–Crippen LogP) is 5.29. The van der Waals surface area contributed by atoms with E-state index >= 15 is 0 Å². The van der Waals surface area contributed by atoms with Crippen molar-refractivity contribution in [1.82, 2.24) is 4.90 Å². The van der Waals surface area contributed by atoms with Crippen LogP contribution in [-0.2, 0) is 0 Å². The first kappa shape index (κ1) is 13.2. The van der Waals surface area contributed by atoms with Gasteiger partial charge in [-0.1, -0.05) is 60.7 Å². The van der Waals surface area contributed by atoms with Gasteiger partial charge in [-0.2, -0.15) is 0 Å². The molecule has 1 nitrogen and oxygen atoms in total. The Hall–Kier alpha value is -2.28. The van der Waals surface area contributed by atoms with Crippen molar-refractivity contribution < 1.29 is 0 Å². The number of benzene rings is 2. The van der Waals surface area contributed by atoms with Gasteiger partial charge in [0.1, 0.15) is 0 Å². The van der Waals surface area contributed by atoms with Gasteiger partial charge in [0.2, 0.25) is 0 Å². The minimum atomic E-state index is 0.288. The Kier molecular flexibility index (Phi) is 2.51. The van der Waals surface area contributed by atoms with Crippen LogP contribution in [0.15, 0.2) is 72.4 Å². The van der Waals surface area contributed by atoms with E-state index < -0.39 is 0 Å². The number of fused-ring (bicyclic) bond motifs is 6. The molecule has 0 radical (unpaired) electrons. The third kappa shape index (κ3) is 1.74. The topological polar surface area (TPSA) is 3.24 Å². The molecule has 0 aromatic heterocycles. The highest BCUT2D eigenvalue weighted by Gasteiger charge is 2.60. The first-order valence-corrected chi connectivity index (χ1v) is 8.52. The molecule has 2 aromatic carbocycles. The van der Waals surface area contributed by atoms with E-state index in [0.717, 1.165) is 0 Å². The Morgan fingerprint density at radius 2 is 1.65 bits per heavy atom. The quantitative estimate of drug-likeness (QED) is 0.691. The van der Waals surface area contributed by atoms with Crippen LogP contribution < -0.4 is 0 Å². The molecule has 2 aromatic rings. The van der Waals surface area contributed by atoms with Crippen molar-refractivity contribution >= 4 is 5.57 Å². The van der Waals surface area contributed by atoms with E-state index in [-0.39, 0.29) is 5.54 Å². The standard InChI is InChI=1S/C22H21N/c1-15-12-21-18-11-7-6-10-17(18)20-13-22(20,2)23(21)14-19(15)16-8-4-3-5-9-16/h3-12,14,20-21H,13H2,1-2H3. The maximum atomic E-state index is 2.62. The van der Waals surface area contributed by atoms with Crippen molar-refractivity contribution in [2.45, 2.75) is 37.8 Å². The molecule has 0 saturated heterocycles. The van der Waals surface area contributed by atoms with E-state index in [1.54, 1.807) is 5.56 Å². The van der Waals surface area contributed by atoms with Gasteiger partial charge in [0.25, 0.3) is 0 Å². The van der Waals surface area contributed by atoms with Crippen LogP contribution in [0, 0.1) is 0 Å². The fraction of sp³-hybridized carbons (Fsp3) is 0.273. The van der Waals surface area contributed by atoms with Gasteiger partial charge in [-0.25, -0.2) is 0 Å². The van der Waals surface area contributed by atoms with Gasteiger partial charge in [-0.3, -0.25) is 0 Å². The molecule has 3 atom stereocenters. The lowest BCUT2D eigenvalue weighted by atomic mass is 9.84. The third-order valence-corrected chi connectivity index (χ3v) is 5.97. The summed E-state index contributed by atoms with van der Waals surface area (Å²) in [6.07, 6.45) is 6.15. The molecule has 0 amide bonds. The lowest BCUT2D eigenvalue weighted by Gasteiger charge is -2.43. The van der Waals surface area contributed by atoms with Crippen molar-refractivity contribution in [3.63, 3.8) is 0 Å². The zero-order valence-electron chi connectivity index (χ0n) is 13.7. The molecule has 3 aliphatic rings. The van der Waals surface area contributed by atoms with Gasteiger partial charge in [0.05, 0.1) is 6.04 Å². The highest BCUT2D eigenvalue weighted by atomic mass is 15.3. The van der Waals surface area contributed by atoms with Crippen LogP contribution in [0.1, 0.15) is 48.9 Å². The second kappa shape index (κ2) is 4.38. The first-order chi connectivity index (χ1) is 11.2. The van der Waals surface area contributed by atoms with E-state index in [1.807, 2.05) is 0 Å². The summed E-state index contributed by atoms with van der Waals surface area (Å²) in [6.45, 7) is 4.67. The second-order valence-electron chi connectivity index (χ2n) is 7.35. The molecule has 0 bridgehead atoms. The van der Waals surface area contributed by atoms with Crippen molar-refractivity contribution in [3.8, 4) is 0 Å². The molecule has 1 fully saturated rings. The van der Waals surface area contributed by atoms with E-state index in [1.165, 1.54) is 28.7 Å². The van der Waals surface area contributed by atoms with E-state index in [4.69, 9.17) is 0 Å². The molecule has 0 N–H and O–H groups in total. The number of hydrogen-bond acceptors (Lipinski definition) is 1. The first-order valence-electron chi connectivity index (χ1n) is 8.52. The monoisotopic (exact) mass is 299 g/mol. The van der Waals surface area contributed by atoms with Gasteiger partial charge in [0.15, 0.2) is 0 Å². The summed E-state index contributed by atoms with van der Waals surface area (Å²) in [6, 6.07) is 20.2. The van der Waals surface area contributed by atoms with Crippen molar-refractivity contribution in [2.75, 3.05) is 0 Å². The lowest BCUT2D eigenvalue weighted by Crippen LogP contribution is -2.39. The number of hydrogen-bond donors (Lipinski definition) is 0. The Labute approximate surface area is 138 Å². The maximum Gasteiger partial charge on any atom is 0.0735 e.